The van der Waals surface area contributed by atoms with Gasteiger partial charge in [0, 0.05) is 19.8 Å². The highest BCUT2D eigenvalue weighted by atomic mass is 15.3. The van der Waals surface area contributed by atoms with Crippen LogP contribution in [-0.4, -0.2) is 16.3 Å². The lowest BCUT2D eigenvalue weighted by Gasteiger charge is -2.25. The van der Waals surface area contributed by atoms with E-state index >= 15 is 0 Å². The molecule has 1 aromatic heterocycles. The van der Waals surface area contributed by atoms with Crippen molar-refractivity contribution in [2.45, 2.75) is 32.2 Å². The Bertz CT molecular complexity index is 276. The molecule has 3 heteroatoms. The van der Waals surface area contributed by atoms with Crippen LogP contribution in [0.5, 0.6) is 0 Å². The second kappa shape index (κ2) is 4.60. The summed E-state index contributed by atoms with van der Waals surface area (Å²) < 4.78 is 1.85. The van der Waals surface area contributed by atoms with Gasteiger partial charge in [-0.1, -0.05) is 19.3 Å². The lowest BCUT2D eigenvalue weighted by molar-refractivity contribution is 0.292. The highest BCUT2D eigenvalue weighted by Gasteiger charge is 2.16. The third kappa shape index (κ3) is 2.58. The van der Waals surface area contributed by atoms with Gasteiger partial charge >= 0.3 is 0 Å². The summed E-state index contributed by atoms with van der Waals surface area (Å²) in [6.45, 7) is 2.05. The Morgan fingerprint density at radius 2 is 2.43 bits per heavy atom. The predicted octanol–water partition coefficient (Wildman–Crippen LogP) is 1.70. The average Bonchev–Trinajstić information content (AvgIpc) is 2.48. The number of aromatic nitrogens is 2. The molecule has 1 N–H and O–H groups in total. The summed E-state index contributed by atoms with van der Waals surface area (Å²) in [5.41, 5.74) is 1.14. The zero-order chi connectivity index (χ0) is 9.80. The van der Waals surface area contributed by atoms with E-state index in [-0.39, 0.29) is 0 Å². The van der Waals surface area contributed by atoms with Gasteiger partial charge in [-0.2, -0.15) is 5.10 Å². The van der Waals surface area contributed by atoms with Gasteiger partial charge in [0.15, 0.2) is 0 Å². The van der Waals surface area contributed by atoms with Gasteiger partial charge < -0.3 is 5.32 Å². The Kier molecular flexibility index (Phi) is 3.19. The van der Waals surface area contributed by atoms with Crippen molar-refractivity contribution >= 4 is 0 Å². The SMILES string of the molecule is Cn1ccc(CNCCC2CCC2)n1. The number of hydrogen-bond acceptors (Lipinski definition) is 2. The van der Waals surface area contributed by atoms with Crippen LogP contribution in [0.3, 0.4) is 0 Å². The molecule has 2 rings (SSSR count). The number of nitrogens with one attached hydrogen (secondary N) is 1. The molecule has 3 nitrogen and oxygen atoms in total. The molecule has 0 amide bonds. The van der Waals surface area contributed by atoms with Crippen LogP contribution in [0.15, 0.2) is 12.3 Å². The lowest BCUT2D eigenvalue weighted by atomic mass is 9.83. The second-order valence-electron chi connectivity index (χ2n) is 4.24. The summed E-state index contributed by atoms with van der Waals surface area (Å²) >= 11 is 0. The van der Waals surface area contributed by atoms with E-state index in [1.807, 2.05) is 17.9 Å². The average molecular weight is 193 g/mol. The molecule has 78 valence electrons. The van der Waals surface area contributed by atoms with E-state index < -0.39 is 0 Å². The van der Waals surface area contributed by atoms with Crippen molar-refractivity contribution in [1.82, 2.24) is 15.1 Å². The van der Waals surface area contributed by atoms with E-state index in [2.05, 4.69) is 16.5 Å². The summed E-state index contributed by atoms with van der Waals surface area (Å²) in [5.74, 6) is 1.01. The molecule has 1 saturated carbocycles. The first-order valence-corrected chi connectivity index (χ1v) is 5.54. The number of rotatable bonds is 5. The van der Waals surface area contributed by atoms with Crippen molar-refractivity contribution in [2.24, 2.45) is 13.0 Å². The fraction of sp³-hybridized carbons (Fsp3) is 0.727. The minimum absolute atomic E-state index is 0.910. The summed E-state index contributed by atoms with van der Waals surface area (Å²) in [5, 5.41) is 7.75. The van der Waals surface area contributed by atoms with Gasteiger partial charge in [0.2, 0.25) is 0 Å². The van der Waals surface area contributed by atoms with Gasteiger partial charge in [-0.3, -0.25) is 4.68 Å². The van der Waals surface area contributed by atoms with E-state index in [0.29, 0.717) is 0 Å². The van der Waals surface area contributed by atoms with E-state index in [0.717, 1.165) is 24.7 Å². The molecule has 14 heavy (non-hydrogen) atoms. The summed E-state index contributed by atoms with van der Waals surface area (Å²) in [4.78, 5) is 0. The van der Waals surface area contributed by atoms with Gasteiger partial charge in [0.1, 0.15) is 0 Å². The van der Waals surface area contributed by atoms with Crippen molar-refractivity contribution in [3.63, 3.8) is 0 Å². The van der Waals surface area contributed by atoms with Gasteiger partial charge in [0.25, 0.3) is 0 Å². The van der Waals surface area contributed by atoms with Gasteiger partial charge in [-0.25, -0.2) is 0 Å². The monoisotopic (exact) mass is 193 g/mol. The molecule has 0 aliphatic heterocycles. The summed E-state index contributed by atoms with van der Waals surface area (Å²) in [6.07, 6.45) is 7.68. The first kappa shape index (κ1) is 9.71. The Morgan fingerprint density at radius 3 is 3.00 bits per heavy atom. The number of nitrogens with zero attached hydrogens (tertiary/aromatic N) is 2. The van der Waals surface area contributed by atoms with Crippen LogP contribution >= 0.6 is 0 Å². The fourth-order valence-corrected chi connectivity index (χ4v) is 1.86. The first-order valence-electron chi connectivity index (χ1n) is 5.54. The second-order valence-corrected chi connectivity index (χ2v) is 4.24. The topological polar surface area (TPSA) is 29.9 Å². The molecule has 0 spiro atoms. The molecule has 1 fully saturated rings. The standard InChI is InChI=1S/C11H19N3/c1-14-8-6-11(13-14)9-12-7-5-10-3-2-4-10/h6,8,10,12H,2-5,7,9H2,1H3. The van der Waals surface area contributed by atoms with Crippen LogP contribution < -0.4 is 5.32 Å². The van der Waals surface area contributed by atoms with Crippen LogP contribution in [0, 0.1) is 5.92 Å². The van der Waals surface area contributed by atoms with Crippen LogP contribution in [0.2, 0.25) is 0 Å². The minimum atomic E-state index is 0.910. The summed E-state index contributed by atoms with van der Waals surface area (Å²) in [7, 11) is 1.96. The van der Waals surface area contributed by atoms with Crippen molar-refractivity contribution < 1.29 is 0 Å². The van der Waals surface area contributed by atoms with Gasteiger partial charge in [-0.05, 0) is 24.9 Å². The largest absolute Gasteiger partial charge is 0.311 e. The van der Waals surface area contributed by atoms with Crippen molar-refractivity contribution in [3.05, 3.63) is 18.0 Å². The molecule has 1 aliphatic rings. The molecular weight excluding hydrogens is 174 g/mol. The van der Waals surface area contributed by atoms with Gasteiger partial charge in [0.05, 0.1) is 5.69 Å². The number of hydrogen-bond donors (Lipinski definition) is 1. The van der Waals surface area contributed by atoms with Crippen LogP contribution in [-0.2, 0) is 13.6 Å². The Morgan fingerprint density at radius 1 is 1.57 bits per heavy atom. The molecule has 0 saturated heterocycles. The first-order chi connectivity index (χ1) is 6.84. The molecule has 0 radical (unpaired) electrons. The van der Waals surface area contributed by atoms with Crippen molar-refractivity contribution in [1.29, 1.82) is 0 Å². The zero-order valence-corrected chi connectivity index (χ0v) is 8.87. The predicted molar refractivity (Wildman–Crippen MR) is 56.9 cm³/mol. The molecule has 0 atom stereocenters. The molecule has 1 heterocycles. The quantitative estimate of drug-likeness (QED) is 0.721. The van der Waals surface area contributed by atoms with E-state index in [1.165, 1.54) is 25.7 Å². The lowest BCUT2D eigenvalue weighted by Crippen LogP contribution is -2.21. The molecule has 1 aromatic rings. The third-order valence-electron chi connectivity index (χ3n) is 3.03. The molecule has 0 unspecified atom stereocenters. The van der Waals surface area contributed by atoms with Crippen LogP contribution in [0.25, 0.3) is 0 Å². The normalized spacial score (nSPS) is 16.9. The minimum Gasteiger partial charge on any atom is -0.311 e. The maximum atomic E-state index is 4.32. The molecule has 0 aromatic carbocycles. The molecule has 0 bridgehead atoms. The maximum absolute atomic E-state index is 4.32. The highest BCUT2D eigenvalue weighted by molar-refractivity contribution is 4.97. The zero-order valence-electron chi connectivity index (χ0n) is 8.87. The fourth-order valence-electron chi connectivity index (χ4n) is 1.86. The third-order valence-corrected chi connectivity index (χ3v) is 3.03. The Balaban J connectivity index is 1.58. The number of aryl methyl sites for hydroxylation is 1. The van der Waals surface area contributed by atoms with Crippen LogP contribution in [0.1, 0.15) is 31.4 Å². The smallest absolute Gasteiger partial charge is 0.0762 e. The van der Waals surface area contributed by atoms with E-state index in [9.17, 15) is 0 Å². The Hall–Kier alpha value is -0.830. The maximum Gasteiger partial charge on any atom is 0.0762 e. The van der Waals surface area contributed by atoms with Gasteiger partial charge in [-0.15, -0.1) is 0 Å². The highest BCUT2D eigenvalue weighted by Crippen LogP contribution is 2.28. The summed E-state index contributed by atoms with van der Waals surface area (Å²) in [6, 6.07) is 2.07. The molecular formula is C11H19N3. The van der Waals surface area contributed by atoms with Crippen LogP contribution in [0.4, 0.5) is 0 Å². The van der Waals surface area contributed by atoms with E-state index in [4.69, 9.17) is 0 Å². The van der Waals surface area contributed by atoms with Crippen molar-refractivity contribution in [3.8, 4) is 0 Å². The van der Waals surface area contributed by atoms with Crippen molar-refractivity contribution in [2.75, 3.05) is 6.54 Å². The Labute approximate surface area is 85.5 Å². The molecule has 1 aliphatic carbocycles. The van der Waals surface area contributed by atoms with E-state index in [1.54, 1.807) is 0 Å².